The van der Waals surface area contributed by atoms with E-state index in [9.17, 15) is 4.79 Å². The Kier molecular flexibility index (Phi) is 4.07. The minimum Gasteiger partial charge on any atom is -0.489 e. The lowest BCUT2D eigenvalue weighted by molar-refractivity contribution is 0.0319. The molecule has 18 heavy (non-hydrogen) atoms. The normalized spacial score (nSPS) is 15.0. The van der Waals surface area contributed by atoms with Gasteiger partial charge in [0.25, 0.3) is 0 Å². The number of para-hydroxylation sites is 1. The number of carbonyl (C=O) groups is 1. The Morgan fingerprint density at radius 1 is 1.56 bits per heavy atom. The van der Waals surface area contributed by atoms with Crippen molar-refractivity contribution in [2.24, 2.45) is 0 Å². The van der Waals surface area contributed by atoms with E-state index in [1.807, 2.05) is 19.1 Å². The summed E-state index contributed by atoms with van der Waals surface area (Å²) in [5, 5.41) is 3.20. The maximum atomic E-state index is 12.1. The van der Waals surface area contributed by atoms with Gasteiger partial charge in [0.15, 0.2) is 5.75 Å². The molecule has 0 radical (unpaired) electrons. The molecular weight excluding hydrogens is 230 g/mol. The molecule has 1 atom stereocenters. The first-order valence-corrected chi connectivity index (χ1v) is 6.43. The van der Waals surface area contributed by atoms with Gasteiger partial charge in [-0.15, -0.1) is 0 Å². The fourth-order valence-corrected chi connectivity index (χ4v) is 2.04. The van der Waals surface area contributed by atoms with Crippen molar-refractivity contribution < 1.29 is 14.3 Å². The molecule has 0 saturated heterocycles. The molecule has 0 aromatic heterocycles. The fourth-order valence-electron chi connectivity index (χ4n) is 2.04. The van der Waals surface area contributed by atoms with Crippen LogP contribution in [-0.4, -0.2) is 25.2 Å². The second-order valence-electron chi connectivity index (χ2n) is 4.46. The van der Waals surface area contributed by atoms with E-state index in [1.54, 1.807) is 6.07 Å². The number of esters is 1. The van der Waals surface area contributed by atoms with Crippen molar-refractivity contribution >= 4 is 11.7 Å². The summed E-state index contributed by atoms with van der Waals surface area (Å²) in [5.41, 5.74) is 1.36. The number of ether oxygens (including phenoxy) is 2. The summed E-state index contributed by atoms with van der Waals surface area (Å²) in [7, 11) is 0. The summed E-state index contributed by atoms with van der Waals surface area (Å²) in [6.45, 7) is 5.32. The zero-order chi connectivity index (χ0) is 13.0. The molecule has 0 saturated carbocycles. The van der Waals surface area contributed by atoms with Crippen LogP contribution in [0.2, 0.25) is 0 Å². The van der Waals surface area contributed by atoms with E-state index in [-0.39, 0.29) is 12.1 Å². The first-order chi connectivity index (χ1) is 8.72. The van der Waals surface area contributed by atoms with E-state index in [2.05, 4.69) is 12.2 Å². The average Bonchev–Trinajstić information content (AvgIpc) is 2.38. The van der Waals surface area contributed by atoms with E-state index < -0.39 is 0 Å². The third-order valence-electron chi connectivity index (χ3n) is 2.90. The van der Waals surface area contributed by atoms with Crippen LogP contribution in [-0.2, 0) is 4.74 Å². The van der Waals surface area contributed by atoms with Crippen LogP contribution in [0.25, 0.3) is 0 Å². The Labute approximate surface area is 107 Å². The van der Waals surface area contributed by atoms with Gasteiger partial charge in [-0.2, -0.15) is 0 Å². The molecule has 0 bridgehead atoms. The van der Waals surface area contributed by atoms with Gasteiger partial charge in [-0.3, -0.25) is 0 Å². The highest BCUT2D eigenvalue weighted by Gasteiger charge is 2.21. The second-order valence-corrected chi connectivity index (χ2v) is 4.46. The standard InChI is InChI=1S/C14H19NO3/c1-3-5-10(2)18-14(16)11-6-4-7-12-13(11)17-9-8-15-12/h4,6-7,10,15H,3,5,8-9H2,1-2H3. The molecule has 98 valence electrons. The highest BCUT2D eigenvalue weighted by atomic mass is 16.5. The van der Waals surface area contributed by atoms with Gasteiger partial charge in [-0.1, -0.05) is 19.4 Å². The van der Waals surface area contributed by atoms with Gasteiger partial charge in [0.1, 0.15) is 12.2 Å². The van der Waals surface area contributed by atoms with Crippen LogP contribution in [0.1, 0.15) is 37.0 Å². The van der Waals surface area contributed by atoms with Crippen molar-refractivity contribution in [1.29, 1.82) is 0 Å². The predicted octanol–water partition coefficient (Wildman–Crippen LogP) is 2.84. The van der Waals surface area contributed by atoms with Crippen molar-refractivity contribution in [2.45, 2.75) is 32.8 Å². The summed E-state index contributed by atoms with van der Waals surface area (Å²) >= 11 is 0. The van der Waals surface area contributed by atoms with Crippen molar-refractivity contribution in [3.8, 4) is 5.75 Å². The van der Waals surface area contributed by atoms with Crippen LogP contribution in [0.4, 0.5) is 5.69 Å². The van der Waals surface area contributed by atoms with Gasteiger partial charge in [0.05, 0.1) is 11.8 Å². The van der Waals surface area contributed by atoms with E-state index in [0.717, 1.165) is 25.1 Å². The highest BCUT2D eigenvalue weighted by molar-refractivity contribution is 5.95. The molecule has 0 fully saturated rings. The van der Waals surface area contributed by atoms with Crippen LogP contribution < -0.4 is 10.1 Å². The van der Waals surface area contributed by atoms with Crippen LogP contribution in [0.3, 0.4) is 0 Å². The molecule has 0 amide bonds. The Morgan fingerprint density at radius 2 is 2.39 bits per heavy atom. The number of nitrogens with one attached hydrogen (secondary N) is 1. The van der Waals surface area contributed by atoms with E-state index in [4.69, 9.17) is 9.47 Å². The molecule has 0 aliphatic carbocycles. The zero-order valence-corrected chi connectivity index (χ0v) is 10.9. The predicted molar refractivity (Wildman–Crippen MR) is 70.2 cm³/mol. The largest absolute Gasteiger partial charge is 0.489 e. The Hall–Kier alpha value is -1.71. The number of hydrogen-bond donors (Lipinski definition) is 1. The lowest BCUT2D eigenvalue weighted by Crippen LogP contribution is -2.21. The Bertz CT molecular complexity index is 431. The minimum atomic E-state index is -0.309. The number of benzene rings is 1. The summed E-state index contributed by atoms with van der Waals surface area (Å²) in [5.74, 6) is 0.300. The van der Waals surface area contributed by atoms with Gasteiger partial charge in [0, 0.05) is 6.54 Å². The number of hydrogen-bond acceptors (Lipinski definition) is 4. The Balaban J connectivity index is 2.15. The number of rotatable bonds is 4. The maximum absolute atomic E-state index is 12.1. The molecule has 1 unspecified atom stereocenters. The van der Waals surface area contributed by atoms with Gasteiger partial charge >= 0.3 is 5.97 Å². The summed E-state index contributed by atoms with van der Waals surface area (Å²) in [6.07, 6.45) is 1.81. The highest BCUT2D eigenvalue weighted by Crippen LogP contribution is 2.31. The number of anilines is 1. The van der Waals surface area contributed by atoms with Gasteiger partial charge in [-0.25, -0.2) is 4.79 Å². The third kappa shape index (κ3) is 2.75. The summed E-state index contributed by atoms with van der Waals surface area (Å²) in [4.78, 5) is 12.1. The maximum Gasteiger partial charge on any atom is 0.342 e. The summed E-state index contributed by atoms with van der Waals surface area (Å²) < 4.78 is 11.0. The van der Waals surface area contributed by atoms with Crippen molar-refractivity contribution in [2.75, 3.05) is 18.5 Å². The smallest absolute Gasteiger partial charge is 0.342 e. The first kappa shape index (κ1) is 12.7. The molecule has 1 aromatic carbocycles. The number of carbonyl (C=O) groups excluding carboxylic acids is 1. The van der Waals surface area contributed by atoms with Crippen molar-refractivity contribution in [3.63, 3.8) is 0 Å². The third-order valence-corrected chi connectivity index (χ3v) is 2.90. The van der Waals surface area contributed by atoms with Gasteiger partial charge in [-0.05, 0) is 25.5 Å². The molecule has 2 rings (SSSR count). The molecule has 0 spiro atoms. The quantitative estimate of drug-likeness (QED) is 0.833. The lowest BCUT2D eigenvalue weighted by Gasteiger charge is -2.21. The number of fused-ring (bicyclic) bond motifs is 1. The average molecular weight is 249 g/mol. The molecule has 1 aromatic rings. The SMILES string of the molecule is CCCC(C)OC(=O)c1cccc2c1OCCN2. The zero-order valence-electron chi connectivity index (χ0n) is 10.9. The molecule has 4 nitrogen and oxygen atoms in total. The molecular formula is C14H19NO3. The minimum absolute atomic E-state index is 0.0603. The topological polar surface area (TPSA) is 47.6 Å². The second kappa shape index (κ2) is 5.76. The Morgan fingerprint density at radius 3 is 3.17 bits per heavy atom. The fraction of sp³-hybridized carbons (Fsp3) is 0.500. The van der Waals surface area contributed by atoms with Crippen LogP contribution in [0.5, 0.6) is 5.75 Å². The van der Waals surface area contributed by atoms with Crippen LogP contribution in [0, 0.1) is 0 Å². The molecule has 1 heterocycles. The summed E-state index contributed by atoms with van der Waals surface area (Å²) in [6, 6.07) is 5.48. The molecule has 1 aliphatic heterocycles. The first-order valence-electron chi connectivity index (χ1n) is 6.43. The molecule has 1 N–H and O–H groups in total. The van der Waals surface area contributed by atoms with Gasteiger partial charge in [0.2, 0.25) is 0 Å². The van der Waals surface area contributed by atoms with Crippen molar-refractivity contribution in [1.82, 2.24) is 0 Å². The van der Waals surface area contributed by atoms with E-state index in [0.29, 0.717) is 17.9 Å². The van der Waals surface area contributed by atoms with Crippen LogP contribution in [0.15, 0.2) is 18.2 Å². The van der Waals surface area contributed by atoms with Crippen molar-refractivity contribution in [3.05, 3.63) is 23.8 Å². The molecule has 1 aliphatic rings. The van der Waals surface area contributed by atoms with E-state index >= 15 is 0 Å². The van der Waals surface area contributed by atoms with E-state index in [1.165, 1.54) is 0 Å². The van der Waals surface area contributed by atoms with Gasteiger partial charge < -0.3 is 14.8 Å². The monoisotopic (exact) mass is 249 g/mol. The molecule has 4 heteroatoms. The lowest BCUT2D eigenvalue weighted by atomic mass is 10.1. The van der Waals surface area contributed by atoms with Crippen LogP contribution >= 0.6 is 0 Å².